The van der Waals surface area contributed by atoms with Crippen molar-refractivity contribution in [2.24, 2.45) is 0 Å². The molecular weight excluding hydrogens is 435 g/mol. The topological polar surface area (TPSA) is 77.9 Å². The molecule has 2 aromatic rings. The van der Waals surface area contributed by atoms with Crippen molar-refractivity contribution in [3.8, 4) is 0 Å². The Morgan fingerprint density at radius 1 is 1.14 bits per heavy atom. The third-order valence-electron chi connectivity index (χ3n) is 5.10. The SMILES string of the molecule is Cc1ccc(S(=O)(=O)N2CCN(c3ccc(Cl)c(Cl)c3)CC2C)cc1CC(=O)O. The highest BCUT2D eigenvalue weighted by Gasteiger charge is 2.34. The van der Waals surface area contributed by atoms with Gasteiger partial charge in [0.15, 0.2) is 0 Å². The Morgan fingerprint density at radius 2 is 1.86 bits per heavy atom. The molecule has 0 amide bonds. The van der Waals surface area contributed by atoms with Crippen LogP contribution in [0.2, 0.25) is 10.0 Å². The first-order valence-electron chi connectivity index (χ1n) is 9.12. The second-order valence-corrected chi connectivity index (χ2v) is 9.87. The van der Waals surface area contributed by atoms with E-state index in [2.05, 4.69) is 4.90 Å². The third kappa shape index (κ3) is 4.69. The summed E-state index contributed by atoms with van der Waals surface area (Å²) in [5.74, 6) is -0.994. The number of sulfonamides is 1. The molecule has 1 unspecified atom stereocenters. The van der Waals surface area contributed by atoms with Gasteiger partial charge in [0.05, 0.1) is 21.4 Å². The van der Waals surface area contributed by atoms with Gasteiger partial charge < -0.3 is 10.0 Å². The fraction of sp³-hybridized carbons (Fsp3) is 0.350. The fourth-order valence-corrected chi connectivity index (χ4v) is 5.47. The molecule has 9 heteroatoms. The highest BCUT2D eigenvalue weighted by atomic mass is 35.5. The van der Waals surface area contributed by atoms with Gasteiger partial charge in [-0.25, -0.2) is 8.42 Å². The first-order valence-corrected chi connectivity index (χ1v) is 11.3. The second-order valence-electron chi connectivity index (χ2n) is 7.17. The first kappa shape index (κ1) is 21.9. The first-order chi connectivity index (χ1) is 13.6. The van der Waals surface area contributed by atoms with E-state index in [0.29, 0.717) is 35.2 Å². The van der Waals surface area contributed by atoms with Crippen molar-refractivity contribution in [3.05, 3.63) is 57.6 Å². The number of benzene rings is 2. The van der Waals surface area contributed by atoms with Crippen LogP contribution in [-0.4, -0.2) is 49.5 Å². The van der Waals surface area contributed by atoms with Crippen molar-refractivity contribution < 1.29 is 18.3 Å². The van der Waals surface area contributed by atoms with E-state index in [1.54, 1.807) is 25.1 Å². The number of hydrogen-bond donors (Lipinski definition) is 1. The molecule has 1 aliphatic heterocycles. The molecule has 0 spiro atoms. The van der Waals surface area contributed by atoms with Gasteiger partial charge in [-0.2, -0.15) is 4.31 Å². The molecular formula is C20H22Cl2N2O4S. The molecule has 1 atom stereocenters. The normalized spacial score (nSPS) is 18.1. The molecule has 1 heterocycles. The quantitative estimate of drug-likeness (QED) is 0.739. The summed E-state index contributed by atoms with van der Waals surface area (Å²) in [4.78, 5) is 13.3. The van der Waals surface area contributed by atoms with E-state index in [1.165, 1.54) is 16.4 Å². The Morgan fingerprint density at radius 3 is 2.48 bits per heavy atom. The molecule has 1 fully saturated rings. The average molecular weight is 457 g/mol. The molecule has 0 radical (unpaired) electrons. The Bertz CT molecular complexity index is 1040. The van der Waals surface area contributed by atoms with Gasteiger partial charge in [0, 0.05) is 31.4 Å². The minimum Gasteiger partial charge on any atom is -0.481 e. The van der Waals surface area contributed by atoms with Gasteiger partial charge in [-0.15, -0.1) is 0 Å². The lowest BCUT2D eigenvalue weighted by molar-refractivity contribution is -0.136. The second kappa shape index (κ2) is 8.52. The molecule has 0 aromatic heterocycles. The largest absolute Gasteiger partial charge is 0.481 e. The molecule has 0 bridgehead atoms. The van der Waals surface area contributed by atoms with Crippen LogP contribution in [0.4, 0.5) is 5.69 Å². The Balaban J connectivity index is 1.82. The monoisotopic (exact) mass is 456 g/mol. The summed E-state index contributed by atoms with van der Waals surface area (Å²) >= 11 is 12.1. The number of carboxylic acids is 1. The predicted octanol–water partition coefficient (Wildman–Crippen LogP) is 3.83. The zero-order chi connectivity index (χ0) is 21.3. The maximum Gasteiger partial charge on any atom is 0.307 e. The number of hydrogen-bond acceptors (Lipinski definition) is 4. The summed E-state index contributed by atoms with van der Waals surface area (Å²) in [6.45, 7) is 4.95. The van der Waals surface area contributed by atoms with E-state index in [9.17, 15) is 13.2 Å². The van der Waals surface area contributed by atoms with Gasteiger partial charge in [-0.05, 0) is 55.3 Å². The van der Waals surface area contributed by atoms with Gasteiger partial charge in [0.2, 0.25) is 10.0 Å². The molecule has 0 aliphatic carbocycles. The Labute approximate surface area is 180 Å². The van der Waals surface area contributed by atoms with E-state index < -0.39 is 16.0 Å². The van der Waals surface area contributed by atoms with Crippen LogP contribution in [0.15, 0.2) is 41.3 Å². The highest BCUT2D eigenvalue weighted by molar-refractivity contribution is 7.89. The number of halogens is 2. The van der Waals surface area contributed by atoms with Crippen LogP contribution in [0.3, 0.4) is 0 Å². The van der Waals surface area contributed by atoms with Crippen molar-refractivity contribution in [1.82, 2.24) is 4.31 Å². The number of carbonyl (C=O) groups is 1. The van der Waals surface area contributed by atoms with Gasteiger partial charge >= 0.3 is 5.97 Å². The van der Waals surface area contributed by atoms with Crippen molar-refractivity contribution in [2.45, 2.75) is 31.2 Å². The molecule has 156 valence electrons. The minimum absolute atomic E-state index is 0.120. The van der Waals surface area contributed by atoms with Gasteiger partial charge in [0.25, 0.3) is 0 Å². The summed E-state index contributed by atoms with van der Waals surface area (Å²) in [6, 6.07) is 9.76. The number of aryl methyl sites for hydroxylation is 1. The van der Waals surface area contributed by atoms with Crippen molar-refractivity contribution in [2.75, 3.05) is 24.5 Å². The van der Waals surface area contributed by atoms with Gasteiger partial charge in [-0.1, -0.05) is 29.3 Å². The molecule has 29 heavy (non-hydrogen) atoms. The lowest BCUT2D eigenvalue weighted by Gasteiger charge is -2.40. The average Bonchev–Trinajstić information content (AvgIpc) is 2.65. The Hall–Kier alpha value is -1.80. The summed E-state index contributed by atoms with van der Waals surface area (Å²) < 4.78 is 27.9. The number of rotatable bonds is 5. The molecule has 0 saturated carbocycles. The highest BCUT2D eigenvalue weighted by Crippen LogP contribution is 2.30. The number of nitrogens with zero attached hydrogens (tertiary/aromatic N) is 2. The molecule has 2 aromatic carbocycles. The minimum atomic E-state index is -3.74. The van der Waals surface area contributed by atoms with Crippen LogP contribution in [0.25, 0.3) is 0 Å². The van der Waals surface area contributed by atoms with Crippen molar-refractivity contribution in [3.63, 3.8) is 0 Å². The molecule has 1 N–H and O–H groups in total. The van der Waals surface area contributed by atoms with Crippen molar-refractivity contribution in [1.29, 1.82) is 0 Å². The number of anilines is 1. The molecule has 1 aliphatic rings. The molecule has 1 saturated heterocycles. The zero-order valence-electron chi connectivity index (χ0n) is 16.1. The van der Waals surface area contributed by atoms with Gasteiger partial charge in [-0.3, -0.25) is 4.79 Å². The summed E-state index contributed by atoms with van der Waals surface area (Å²) in [7, 11) is -3.74. The zero-order valence-corrected chi connectivity index (χ0v) is 18.4. The third-order valence-corrected chi connectivity index (χ3v) is 7.85. The lowest BCUT2D eigenvalue weighted by atomic mass is 10.1. The van der Waals surface area contributed by atoms with Crippen LogP contribution in [0, 0.1) is 6.92 Å². The smallest absolute Gasteiger partial charge is 0.307 e. The number of aliphatic carboxylic acids is 1. The predicted molar refractivity (Wildman–Crippen MR) is 115 cm³/mol. The molecule has 6 nitrogen and oxygen atoms in total. The summed E-state index contributed by atoms with van der Waals surface area (Å²) in [6.07, 6.45) is -0.212. The lowest BCUT2D eigenvalue weighted by Crippen LogP contribution is -2.54. The summed E-state index contributed by atoms with van der Waals surface area (Å²) in [5.41, 5.74) is 2.15. The van der Waals surface area contributed by atoms with Crippen LogP contribution >= 0.6 is 23.2 Å². The van der Waals surface area contributed by atoms with E-state index in [0.717, 1.165) is 11.3 Å². The van der Waals surface area contributed by atoms with Gasteiger partial charge in [0.1, 0.15) is 0 Å². The fourth-order valence-electron chi connectivity index (χ4n) is 3.51. The number of carboxylic acid groups (broad SMARTS) is 1. The maximum absolute atomic E-state index is 13.2. The van der Waals surface area contributed by atoms with E-state index in [1.807, 2.05) is 13.0 Å². The van der Waals surface area contributed by atoms with Crippen molar-refractivity contribution >= 4 is 44.9 Å². The standard InChI is InChI=1S/C20H22Cl2N2O4S/c1-13-3-5-17(9-15(13)10-20(25)26)29(27,28)24-8-7-23(12-14(24)2)16-4-6-18(21)19(22)11-16/h3-6,9,11,14H,7-8,10,12H2,1-2H3,(H,25,26). The molecule has 3 rings (SSSR count). The van der Waals surface area contributed by atoms with E-state index in [-0.39, 0.29) is 17.4 Å². The summed E-state index contributed by atoms with van der Waals surface area (Å²) in [5, 5.41) is 10.00. The van der Waals surface area contributed by atoms with Crippen LogP contribution in [-0.2, 0) is 21.2 Å². The maximum atomic E-state index is 13.2. The number of piperazine rings is 1. The Kier molecular flexibility index (Phi) is 6.43. The van der Waals surface area contributed by atoms with E-state index >= 15 is 0 Å². The van der Waals surface area contributed by atoms with Crippen LogP contribution in [0.5, 0.6) is 0 Å². The van der Waals surface area contributed by atoms with Crippen LogP contribution in [0.1, 0.15) is 18.1 Å². The van der Waals surface area contributed by atoms with E-state index in [4.69, 9.17) is 28.3 Å². The van der Waals surface area contributed by atoms with Crippen LogP contribution < -0.4 is 4.90 Å².